The maximum absolute atomic E-state index is 13.4. The van der Waals surface area contributed by atoms with Crippen molar-refractivity contribution in [3.63, 3.8) is 0 Å². The third-order valence-corrected chi connectivity index (χ3v) is 4.99. The maximum atomic E-state index is 13.4. The van der Waals surface area contributed by atoms with Gasteiger partial charge in [0.2, 0.25) is 11.6 Å². The van der Waals surface area contributed by atoms with Crippen molar-refractivity contribution in [1.29, 1.82) is 0 Å². The van der Waals surface area contributed by atoms with E-state index in [2.05, 4.69) is 5.32 Å². The molecule has 2 aromatic rings. The van der Waals surface area contributed by atoms with Crippen LogP contribution in [0.1, 0.15) is 23.2 Å². The molecule has 132 valence electrons. The summed E-state index contributed by atoms with van der Waals surface area (Å²) in [5.74, 6) is -1.59. The molecular formula is C19H16FN3O3. The first-order valence-electron chi connectivity index (χ1n) is 8.22. The predicted molar refractivity (Wildman–Crippen MR) is 93.0 cm³/mol. The minimum absolute atomic E-state index is 0.141. The quantitative estimate of drug-likeness (QED) is 0.901. The summed E-state index contributed by atoms with van der Waals surface area (Å²) in [6, 6.07) is 12.2. The Bertz CT molecular complexity index is 945. The van der Waals surface area contributed by atoms with Gasteiger partial charge in [-0.3, -0.25) is 19.3 Å². The molecule has 26 heavy (non-hydrogen) atoms. The first-order chi connectivity index (χ1) is 12.4. The largest absolute Gasteiger partial charge is 0.322 e. The summed E-state index contributed by atoms with van der Waals surface area (Å²) in [6.07, 6.45) is 0.312. The van der Waals surface area contributed by atoms with Gasteiger partial charge in [0.1, 0.15) is 5.82 Å². The van der Waals surface area contributed by atoms with Crippen molar-refractivity contribution in [2.75, 3.05) is 17.3 Å². The van der Waals surface area contributed by atoms with E-state index in [-0.39, 0.29) is 30.3 Å². The molecule has 3 amide bonds. The Morgan fingerprint density at radius 2 is 1.92 bits per heavy atom. The second-order valence-corrected chi connectivity index (χ2v) is 6.39. The Balaban J connectivity index is 1.81. The van der Waals surface area contributed by atoms with Gasteiger partial charge in [0, 0.05) is 25.6 Å². The number of hydrogen-bond donors (Lipinski definition) is 1. The molecule has 0 unspecified atom stereocenters. The van der Waals surface area contributed by atoms with Crippen LogP contribution < -0.4 is 10.2 Å². The van der Waals surface area contributed by atoms with E-state index in [0.29, 0.717) is 11.3 Å². The van der Waals surface area contributed by atoms with Crippen LogP contribution in [0.3, 0.4) is 0 Å². The predicted octanol–water partition coefficient (Wildman–Crippen LogP) is 2.37. The molecule has 4 rings (SSSR count). The number of likely N-dealkylation sites (N-methyl/N-ethyl adjacent to an activating group) is 1. The minimum atomic E-state index is -1.46. The summed E-state index contributed by atoms with van der Waals surface area (Å²) in [6.45, 7) is 0. The second-order valence-electron chi connectivity index (χ2n) is 6.39. The normalized spacial score (nSPS) is 21.5. The van der Waals surface area contributed by atoms with Crippen LogP contribution in [0, 0.1) is 5.82 Å². The number of rotatable bonds is 2. The number of fused-ring (bicyclic) bond motifs is 3. The van der Waals surface area contributed by atoms with Gasteiger partial charge >= 0.3 is 0 Å². The van der Waals surface area contributed by atoms with Gasteiger partial charge in [0.05, 0.1) is 11.3 Å². The van der Waals surface area contributed by atoms with Gasteiger partial charge in [0.25, 0.3) is 11.8 Å². The lowest BCUT2D eigenvalue weighted by atomic mass is 9.96. The van der Waals surface area contributed by atoms with Gasteiger partial charge in [-0.2, -0.15) is 0 Å². The van der Waals surface area contributed by atoms with Gasteiger partial charge in [-0.25, -0.2) is 4.39 Å². The molecule has 0 aromatic heterocycles. The molecule has 0 aliphatic carbocycles. The number of para-hydroxylation sites is 1. The number of nitrogens with zero attached hydrogens (tertiary/aromatic N) is 2. The fourth-order valence-corrected chi connectivity index (χ4v) is 3.73. The monoisotopic (exact) mass is 353 g/mol. The lowest BCUT2D eigenvalue weighted by Crippen LogP contribution is -2.68. The zero-order chi connectivity index (χ0) is 18.5. The van der Waals surface area contributed by atoms with E-state index in [9.17, 15) is 18.8 Å². The average Bonchev–Trinajstić information content (AvgIpc) is 2.98. The van der Waals surface area contributed by atoms with Crippen LogP contribution in [0.2, 0.25) is 0 Å². The van der Waals surface area contributed by atoms with Crippen molar-refractivity contribution in [3.8, 4) is 0 Å². The number of hydrogen-bond acceptors (Lipinski definition) is 3. The van der Waals surface area contributed by atoms with Crippen LogP contribution >= 0.6 is 0 Å². The fraction of sp³-hybridized carbons (Fsp3) is 0.211. The van der Waals surface area contributed by atoms with Crippen LogP contribution in [0.15, 0.2) is 48.5 Å². The summed E-state index contributed by atoms with van der Waals surface area (Å²) in [7, 11) is 1.51. The lowest BCUT2D eigenvalue weighted by Gasteiger charge is -2.47. The van der Waals surface area contributed by atoms with Crippen molar-refractivity contribution in [2.24, 2.45) is 0 Å². The average molecular weight is 353 g/mol. The molecule has 0 spiro atoms. The number of nitrogens with one attached hydrogen (secondary N) is 1. The summed E-state index contributed by atoms with van der Waals surface area (Å²) in [5.41, 5.74) is -0.398. The van der Waals surface area contributed by atoms with E-state index in [4.69, 9.17) is 0 Å². The third-order valence-electron chi connectivity index (χ3n) is 4.99. The highest BCUT2D eigenvalue weighted by Gasteiger charge is 2.59. The zero-order valence-electron chi connectivity index (χ0n) is 14.0. The molecule has 2 heterocycles. The van der Waals surface area contributed by atoms with Crippen LogP contribution in [0.25, 0.3) is 0 Å². The molecule has 2 aliphatic rings. The highest BCUT2D eigenvalue weighted by molar-refractivity contribution is 6.18. The van der Waals surface area contributed by atoms with Gasteiger partial charge < -0.3 is 10.2 Å². The van der Waals surface area contributed by atoms with E-state index in [1.165, 1.54) is 35.0 Å². The SMILES string of the molecule is CN1C(=O)c2ccccc2N2C(=O)CC[C@]12C(=O)Nc1cccc(F)c1. The summed E-state index contributed by atoms with van der Waals surface area (Å²) in [4.78, 5) is 41.3. The Labute approximate surface area is 149 Å². The van der Waals surface area contributed by atoms with Crippen molar-refractivity contribution < 1.29 is 18.8 Å². The molecular weight excluding hydrogens is 337 g/mol. The molecule has 2 aliphatic heterocycles. The zero-order valence-corrected chi connectivity index (χ0v) is 14.0. The molecule has 1 fully saturated rings. The van der Waals surface area contributed by atoms with Gasteiger partial charge in [-0.15, -0.1) is 0 Å². The molecule has 1 N–H and O–H groups in total. The lowest BCUT2D eigenvalue weighted by molar-refractivity contribution is -0.128. The van der Waals surface area contributed by atoms with E-state index >= 15 is 0 Å². The summed E-state index contributed by atoms with van der Waals surface area (Å²) < 4.78 is 13.4. The number of halogens is 1. The van der Waals surface area contributed by atoms with Crippen LogP contribution in [-0.2, 0) is 9.59 Å². The van der Waals surface area contributed by atoms with E-state index in [1.807, 2.05) is 0 Å². The Hall–Kier alpha value is -3.22. The smallest absolute Gasteiger partial charge is 0.271 e. The molecule has 0 bridgehead atoms. The topological polar surface area (TPSA) is 69.7 Å². The third kappa shape index (κ3) is 2.13. The number of carbonyl (C=O) groups excluding carboxylic acids is 3. The summed E-state index contributed by atoms with van der Waals surface area (Å²) >= 11 is 0. The molecule has 1 saturated heterocycles. The van der Waals surface area contributed by atoms with Gasteiger partial charge in [-0.1, -0.05) is 18.2 Å². The van der Waals surface area contributed by atoms with Crippen molar-refractivity contribution >= 4 is 29.1 Å². The number of carbonyl (C=O) groups is 3. The summed E-state index contributed by atoms with van der Waals surface area (Å²) in [5, 5.41) is 2.65. The van der Waals surface area contributed by atoms with Crippen molar-refractivity contribution in [1.82, 2.24) is 4.90 Å². The Morgan fingerprint density at radius 3 is 2.69 bits per heavy atom. The number of benzene rings is 2. The van der Waals surface area contributed by atoms with Crippen molar-refractivity contribution in [2.45, 2.75) is 18.5 Å². The highest BCUT2D eigenvalue weighted by Crippen LogP contribution is 2.44. The van der Waals surface area contributed by atoms with Crippen LogP contribution in [0.4, 0.5) is 15.8 Å². The standard InChI is InChI=1S/C19H16FN3O3/c1-22-17(25)14-7-2-3-8-15(14)23-16(24)9-10-19(22,23)18(26)21-13-6-4-5-12(20)11-13/h2-8,11H,9-10H2,1H3,(H,21,26)/t19-/m0/s1. The molecule has 0 radical (unpaired) electrons. The molecule has 7 heteroatoms. The molecule has 0 saturated carbocycles. The second kappa shape index (κ2) is 5.66. The van der Waals surface area contributed by atoms with E-state index < -0.39 is 17.4 Å². The van der Waals surface area contributed by atoms with Crippen LogP contribution in [-0.4, -0.2) is 35.3 Å². The first kappa shape index (κ1) is 16.3. The molecule has 2 aromatic carbocycles. The van der Waals surface area contributed by atoms with Crippen LogP contribution in [0.5, 0.6) is 0 Å². The van der Waals surface area contributed by atoms with E-state index in [0.717, 1.165) is 0 Å². The Kier molecular flexibility index (Phi) is 3.54. The maximum Gasteiger partial charge on any atom is 0.271 e. The first-order valence-corrected chi connectivity index (χ1v) is 8.22. The fourth-order valence-electron chi connectivity index (χ4n) is 3.73. The minimum Gasteiger partial charge on any atom is -0.322 e. The highest BCUT2D eigenvalue weighted by atomic mass is 19.1. The number of amides is 3. The Morgan fingerprint density at radius 1 is 1.15 bits per heavy atom. The number of anilines is 2. The molecule has 1 atom stereocenters. The van der Waals surface area contributed by atoms with Crippen molar-refractivity contribution in [3.05, 3.63) is 59.9 Å². The molecule has 6 nitrogen and oxygen atoms in total. The van der Waals surface area contributed by atoms with Gasteiger partial charge in [-0.05, 0) is 30.3 Å². The van der Waals surface area contributed by atoms with Gasteiger partial charge in [0.15, 0.2) is 0 Å². The van der Waals surface area contributed by atoms with E-state index in [1.54, 1.807) is 30.3 Å².